The molecule has 1 aliphatic heterocycles. The van der Waals surface area contributed by atoms with Gasteiger partial charge in [-0.25, -0.2) is 0 Å². The number of aromatic nitrogens is 1. The van der Waals surface area contributed by atoms with E-state index in [2.05, 4.69) is 28.5 Å². The van der Waals surface area contributed by atoms with Crippen LogP contribution >= 0.6 is 0 Å². The number of ether oxygens (including phenoxy) is 1. The van der Waals surface area contributed by atoms with Crippen LogP contribution in [0.2, 0.25) is 0 Å². The maximum absolute atomic E-state index is 11.7. The van der Waals surface area contributed by atoms with Crippen LogP contribution in [-0.4, -0.2) is 24.0 Å². The molecule has 1 aromatic heterocycles. The average molecular weight is 286 g/mol. The highest BCUT2D eigenvalue weighted by molar-refractivity contribution is 5.85. The minimum Gasteiger partial charge on any atom is -0.367 e. The van der Waals surface area contributed by atoms with Crippen molar-refractivity contribution in [2.75, 3.05) is 13.2 Å². The summed E-state index contributed by atoms with van der Waals surface area (Å²) < 4.78 is 6.00. The molecule has 0 fully saturated rings. The molecule has 4 nitrogen and oxygen atoms in total. The summed E-state index contributed by atoms with van der Waals surface area (Å²) >= 11 is 0. The Morgan fingerprint density at radius 2 is 2.24 bits per heavy atom. The van der Waals surface area contributed by atoms with Crippen LogP contribution in [0.4, 0.5) is 0 Å². The lowest BCUT2D eigenvalue weighted by molar-refractivity contribution is -0.123. The number of carbonyl (C=O) groups is 1. The summed E-state index contributed by atoms with van der Waals surface area (Å²) in [5, 5.41) is 4.26. The van der Waals surface area contributed by atoms with Gasteiger partial charge in [-0.15, -0.1) is 0 Å². The molecule has 0 radical (unpaired) electrons. The first-order chi connectivity index (χ1) is 10.1. The largest absolute Gasteiger partial charge is 0.367 e. The molecule has 2 heterocycles. The number of hydrogen-bond acceptors (Lipinski definition) is 2. The van der Waals surface area contributed by atoms with Crippen molar-refractivity contribution < 1.29 is 9.53 Å². The van der Waals surface area contributed by atoms with Gasteiger partial charge in [0.25, 0.3) is 0 Å². The van der Waals surface area contributed by atoms with E-state index in [0.717, 1.165) is 24.1 Å². The molecule has 1 aromatic carbocycles. The van der Waals surface area contributed by atoms with Gasteiger partial charge in [-0.05, 0) is 31.4 Å². The Kier molecular flexibility index (Phi) is 3.72. The third kappa shape index (κ3) is 2.56. The summed E-state index contributed by atoms with van der Waals surface area (Å²) in [5.74, 6) is 0.0885. The van der Waals surface area contributed by atoms with Crippen LogP contribution in [0, 0.1) is 0 Å². The Morgan fingerprint density at radius 3 is 3.05 bits per heavy atom. The zero-order chi connectivity index (χ0) is 14.9. The molecule has 4 heteroatoms. The lowest BCUT2D eigenvalue weighted by Gasteiger charge is -2.34. The molecular formula is C17H22N2O2. The summed E-state index contributed by atoms with van der Waals surface area (Å²) in [6, 6.07) is 8.33. The highest BCUT2D eigenvalue weighted by atomic mass is 16.5. The number of hydrogen-bond donors (Lipinski definition) is 2. The predicted octanol–water partition coefficient (Wildman–Crippen LogP) is 2.87. The quantitative estimate of drug-likeness (QED) is 0.908. The van der Waals surface area contributed by atoms with Crippen molar-refractivity contribution in [2.24, 2.45) is 0 Å². The predicted molar refractivity (Wildman–Crippen MR) is 83.2 cm³/mol. The molecule has 21 heavy (non-hydrogen) atoms. The molecule has 1 atom stereocenters. The first kappa shape index (κ1) is 14.1. The summed E-state index contributed by atoms with van der Waals surface area (Å²) in [6.07, 6.45) is 2.34. The van der Waals surface area contributed by atoms with Crippen LogP contribution in [0.5, 0.6) is 0 Å². The van der Waals surface area contributed by atoms with Crippen LogP contribution in [0.15, 0.2) is 24.3 Å². The van der Waals surface area contributed by atoms with Gasteiger partial charge >= 0.3 is 0 Å². The van der Waals surface area contributed by atoms with Gasteiger partial charge < -0.3 is 15.0 Å². The second-order valence-electron chi connectivity index (χ2n) is 5.88. The average Bonchev–Trinajstić information content (AvgIpc) is 2.87. The van der Waals surface area contributed by atoms with E-state index in [9.17, 15) is 4.79 Å². The highest BCUT2D eigenvalue weighted by Crippen LogP contribution is 2.36. The van der Waals surface area contributed by atoms with Gasteiger partial charge in [0.05, 0.1) is 18.8 Å². The van der Waals surface area contributed by atoms with Crippen molar-refractivity contribution in [1.29, 1.82) is 0 Å². The van der Waals surface area contributed by atoms with Crippen molar-refractivity contribution >= 4 is 16.8 Å². The van der Waals surface area contributed by atoms with Crippen molar-refractivity contribution in [3.63, 3.8) is 0 Å². The van der Waals surface area contributed by atoms with Gasteiger partial charge in [0.2, 0.25) is 5.91 Å². The molecular weight excluding hydrogens is 264 g/mol. The van der Waals surface area contributed by atoms with E-state index in [1.54, 1.807) is 0 Å². The van der Waals surface area contributed by atoms with E-state index in [0.29, 0.717) is 19.6 Å². The summed E-state index contributed by atoms with van der Waals surface area (Å²) in [4.78, 5) is 15.2. The van der Waals surface area contributed by atoms with Crippen LogP contribution in [0.3, 0.4) is 0 Å². The number of rotatable bonds is 4. The van der Waals surface area contributed by atoms with E-state index in [1.807, 2.05) is 19.9 Å². The van der Waals surface area contributed by atoms with Crippen LogP contribution in [-0.2, 0) is 21.6 Å². The lowest BCUT2D eigenvalue weighted by Crippen LogP contribution is -2.43. The van der Waals surface area contributed by atoms with Crippen molar-refractivity contribution in [1.82, 2.24) is 10.3 Å². The fraction of sp³-hybridized carbons (Fsp3) is 0.471. The van der Waals surface area contributed by atoms with Crippen LogP contribution in [0.25, 0.3) is 10.9 Å². The van der Waals surface area contributed by atoms with Gasteiger partial charge in [0.15, 0.2) is 0 Å². The van der Waals surface area contributed by atoms with Crippen LogP contribution in [0.1, 0.15) is 37.9 Å². The number of amides is 1. The topological polar surface area (TPSA) is 54.1 Å². The third-order valence-electron chi connectivity index (χ3n) is 4.22. The standard InChI is InChI=1S/C17H22N2O2/c1-3-6-15(20)18-11-17(2)16-13(9-10-21-17)12-7-4-5-8-14(12)19-16/h4-5,7-8,19H,3,6,9-11H2,1-2H3,(H,18,20). The number of fused-ring (bicyclic) bond motifs is 3. The zero-order valence-corrected chi connectivity index (χ0v) is 12.7. The van der Waals surface area contributed by atoms with Crippen molar-refractivity contribution in [3.05, 3.63) is 35.5 Å². The smallest absolute Gasteiger partial charge is 0.220 e. The molecule has 0 aliphatic carbocycles. The molecule has 1 aliphatic rings. The second kappa shape index (κ2) is 5.53. The minimum atomic E-state index is -0.476. The van der Waals surface area contributed by atoms with Gasteiger partial charge in [-0.2, -0.15) is 0 Å². The number of benzene rings is 1. The molecule has 0 spiro atoms. The first-order valence-corrected chi connectivity index (χ1v) is 7.65. The zero-order valence-electron chi connectivity index (χ0n) is 12.7. The Balaban J connectivity index is 1.90. The molecule has 1 amide bonds. The number of aromatic amines is 1. The van der Waals surface area contributed by atoms with Crippen LogP contribution < -0.4 is 5.32 Å². The third-order valence-corrected chi connectivity index (χ3v) is 4.22. The molecule has 112 valence electrons. The maximum atomic E-state index is 11.7. The first-order valence-electron chi connectivity index (χ1n) is 7.65. The van der Waals surface area contributed by atoms with Gasteiger partial charge in [0.1, 0.15) is 5.60 Å². The highest BCUT2D eigenvalue weighted by Gasteiger charge is 2.36. The second-order valence-corrected chi connectivity index (χ2v) is 5.88. The number of carbonyl (C=O) groups excluding carboxylic acids is 1. The molecule has 0 saturated heterocycles. The number of H-pyrrole nitrogens is 1. The molecule has 1 unspecified atom stereocenters. The maximum Gasteiger partial charge on any atom is 0.220 e. The Labute approximate surface area is 124 Å². The van der Waals surface area contributed by atoms with E-state index in [4.69, 9.17) is 4.74 Å². The van der Waals surface area contributed by atoms with E-state index in [1.165, 1.54) is 10.9 Å². The normalized spacial score (nSPS) is 21.2. The minimum absolute atomic E-state index is 0.0885. The SMILES string of the molecule is CCCC(=O)NCC1(C)OCCc2c1[nH]c1ccccc21. The molecule has 0 saturated carbocycles. The number of nitrogens with one attached hydrogen (secondary N) is 2. The van der Waals surface area contributed by atoms with Gasteiger partial charge in [-0.1, -0.05) is 25.1 Å². The van der Waals surface area contributed by atoms with Crippen molar-refractivity contribution in [2.45, 2.75) is 38.7 Å². The Hall–Kier alpha value is -1.81. The Bertz CT molecular complexity index is 662. The lowest BCUT2D eigenvalue weighted by atomic mass is 9.92. The molecule has 0 bridgehead atoms. The Morgan fingerprint density at radius 1 is 1.43 bits per heavy atom. The summed E-state index contributed by atoms with van der Waals surface area (Å²) in [7, 11) is 0. The molecule has 2 aromatic rings. The van der Waals surface area contributed by atoms with E-state index in [-0.39, 0.29) is 5.91 Å². The summed E-state index contributed by atoms with van der Waals surface area (Å²) in [6.45, 7) is 5.25. The number of para-hydroxylation sites is 1. The molecule has 2 N–H and O–H groups in total. The molecule has 3 rings (SSSR count). The summed E-state index contributed by atoms with van der Waals surface area (Å²) in [5.41, 5.74) is 3.09. The van der Waals surface area contributed by atoms with Gasteiger partial charge in [0, 0.05) is 17.3 Å². The van der Waals surface area contributed by atoms with Gasteiger partial charge in [-0.3, -0.25) is 4.79 Å². The fourth-order valence-corrected chi connectivity index (χ4v) is 3.08. The fourth-order valence-electron chi connectivity index (χ4n) is 3.08. The van der Waals surface area contributed by atoms with Crippen molar-refractivity contribution in [3.8, 4) is 0 Å². The van der Waals surface area contributed by atoms with E-state index < -0.39 is 5.60 Å². The monoisotopic (exact) mass is 286 g/mol. The van der Waals surface area contributed by atoms with E-state index >= 15 is 0 Å².